The van der Waals surface area contributed by atoms with Crippen molar-refractivity contribution in [2.75, 3.05) is 32.1 Å². The molecule has 0 N–H and O–H groups in total. The van der Waals surface area contributed by atoms with Crippen molar-refractivity contribution in [2.45, 2.75) is 19.8 Å². The van der Waals surface area contributed by atoms with E-state index in [4.69, 9.17) is 0 Å². The minimum absolute atomic E-state index is 0.132. The molecule has 0 saturated heterocycles. The summed E-state index contributed by atoms with van der Waals surface area (Å²) in [5.74, 6) is 0.132. The van der Waals surface area contributed by atoms with Crippen LogP contribution in [0.5, 0.6) is 0 Å². The van der Waals surface area contributed by atoms with Crippen LogP contribution in [0.4, 0.5) is 5.13 Å². The molecule has 2 aromatic rings. The molecule has 0 aliphatic carbocycles. The van der Waals surface area contributed by atoms with Gasteiger partial charge in [-0.1, -0.05) is 37.3 Å². The van der Waals surface area contributed by atoms with E-state index in [2.05, 4.69) is 9.88 Å². The third-order valence-corrected chi connectivity index (χ3v) is 4.25. The molecule has 22 heavy (non-hydrogen) atoms. The molecule has 1 amide bonds. The largest absolute Gasteiger partial charge is 0.309 e. The maximum atomic E-state index is 12.2. The minimum Gasteiger partial charge on any atom is -0.309 e. The number of hydrogen-bond acceptors (Lipinski definition) is 4. The lowest BCUT2D eigenvalue weighted by Gasteiger charge is -2.20. The fraction of sp³-hybridized carbons (Fsp3) is 0.412. The van der Waals surface area contributed by atoms with Gasteiger partial charge in [-0.05, 0) is 27.1 Å². The van der Waals surface area contributed by atoms with E-state index in [9.17, 15) is 4.79 Å². The summed E-state index contributed by atoms with van der Waals surface area (Å²) in [5, 5.41) is 2.82. The molecule has 4 nitrogen and oxygen atoms in total. The molecule has 0 aliphatic rings. The SMILES string of the molecule is CCC(=O)N(CCCN(C)C)c1nc(-c2ccccc2)cs1. The topological polar surface area (TPSA) is 36.4 Å². The van der Waals surface area contributed by atoms with Crippen molar-refractivity contribution in [2.24, 2.45) is 0 Å². The molecule has 0 radical (unpaired) electrons. The lowest BCUT2D eigenvalue weighted by Crippen LogP contribution is -2.32. The maximum absolute atomic E-state index is 12.2. The van der Waals surface area contributed by atoms with Crippen molar-refractivity contribution in [3.8, 4) is 11.3 Å². The van der Waals surface area contributed by atoms with E-state index in [1.807, 2.05) is 61.6 Å². The quantitative estimate of drug-likeness (QED) is 0.784. The van der Waals surface area contributed by atoms with Gasteiger partial charge < -0.3 is 4.90 Å². The van der Waals surface area contributed by atoms with Crippen LogP contribution < -0.4 is 4.90 Å². The number of carbonyl (C=O) groups excluding carboxylic acids is 1. The summed E-state index contributed by atoms with van der Waals surface area (Å²) < 4.78 is 0. The summed E-state index contributed by atoms with van der Waals surface area (Å²) >= 11 is 1.54. The van der Waals surface area contributed by atoms with Gasteiger partial charge in [0.2, 0.25) is 5.91 Å². The zero-order chi connectivity index (χ0) is 15.9. The Morgan fingerprint density at radius 1 is 1.18 bits per heavy atom. The van der Waals surface area contributed by atoms with Crippen LogP contribution in [0.25, 0.3) is 11.3 Å². The number of rotatable bonds is 7. The van der Waals surface area contributed by atoms with Gasteiger partial charge in [0, 0.05) is 23.9 Å². The lowest BCUT2D eigenvalue weighted by molar-refractivity contribution is -0.118. The minimum atomic E-state index is 0.132. The summed E-state index contributed by atoms with van der Waals surface area (Å²) in [4.78, 5) is 20.8. The van der Waals surface area contributed by atoms with Gasteiger partial charge in [0.15, 0.2) is 5.13 Å². The highest BCUT2D eigenvalue weighted by Gasteiger charge is 2.17. The number of carbonyl (C=O) groups is 1. The average molecular weight is 317 g/mol. The fourth-order valence-electron chi connectivity index (χ4n) is 2.19. The van der Waals surface area contributed by atoms with E-state index < -0.39 is 0 Å². The Hall–Kier alpha value is -1.72. The molecule has 1 heterocycles. The van der Waals surface area contributed by atoms with E-state index in [-0.39, 0.29) is 5.91 Å². The van der Waals surface area contributed by atoms with Crippen LogP contribution in [0.3, 0.4) is 0 Å². The Morgan fingerprint density at radius 3 is 2.55 bits per heavy atom. The first kappa shape index (κ1) is 16.6. The maximum Gasteiger partial charge on any atom is 0.228 e. The number of thiazole rings is 1. The van der Waals surface area contributed by atoms with E-state index in [1.54, 1.807) is 0 Å². The van der Waals surface area contributed by atoms with E-state index >= 15 is 0 Å². The van der Waals surface area contributed by atoms with E-state index in [0.29, 0.717) is 13.0 Å². The summed E-state index contributed by atoms with van der Waals surface area (Å²) in [7, 11) is 4.09. The normalized spacial score (nSPS) is 10.9. The van der Waals surface area contributed by atoms with Crippen LogP contribution in [-0.2, 0) is 4.79 Å². The van der Waals surface area contributed by atoms with Crippen molar-refractivity contribution in [1.82, 2.24) is 9.88 Å². The number of hydrogen-bond donors (Lipinski definition) is 0. The molecule has 0 unspecified atom stereocenters. The predicted octanol–water partition coefficient (Wildman–Crippen LogP) is 3.50. The van der Waals surface area contributed by atoms with Crippen molar-refractivity contribution in [3.05, 3.63) is 35.7 Å². The van der Waals surface area contributed by atoms with Gasteiger partial charge in [0.25, 0.3) is 0 Å². The van der Waals surface area contributed by atoms with Gasteiger partial charge in [-0.15, -0.1) is 11.3 Å². The Labute approximate surface area is 136 Å². The van der Waals surface area contributed by atoms with Crippen LogP contribution in [0.15, 0.2) is 35.7 Å². The first-order chi connectivity index (χ1) is 10.6. The smallest absolute Gasteiger partial charge is 0.228 e. The fourth-order valence-corrected chi connectivity index (χ4v) is 3.07. The second kappa shape index (κ2) is 8.06. The number of aromatic nitrogens is 1. The molecule has 0 bridgehead atoms. The highest BCUT2D eigenvalue weighted by molar-refractivity contribution is 7.14. The van der Waals surface area contributed by atoms with Crippen LogP contribution in [0.2, 0.25) is 0 Å². The van der Waals surface area contributed by atoms with Gasteiger partial charge in [-0.25, -0.2) is 4.98 Å². The number of anilines is 1. The second-order valence-electron chi connectivity index (χ2n) is 5.44. The molecule has 0 atom stereocenters. The molecular weight excluding hydrogens is 294 g/mol. The Bertz CT molecular complexity index is 595. The molecule has 0 fully saturated rings. The molecule has 0 spiro atoms. The van der Waals surface area contributed by atoms with E-state index in [0.717, 1.165) is 29.4 Å². The highest BCUT2D eigenvalue weighted by atomic mass is 32.1. The molecule has 118 valence electrons. The Balaban J connectivity index is 2.14. The molecule has 0 saturated carbocycles. The van der Waals surface area contributed by atoms with Gasteiger partial charge in [-0.2, -0.15) is 0 Å². The number of benzene rings is 1. The molecule has 2 rings (SSSR count). The van der Waals surface area contributed by atoms with E-state index in [1.165, 1.54) is 11.3 Å². The standard InChI is InChI=1S/C17H23N3OS/c1-4-16(21)20(12-8-11-19(2)3)17-18-15(13-22-17)14-9-6-5-7-10-14/h5-7,9-10,13H,4,8,11-12H2,1-3H3. The van der Waals surface area contributed by atoms with Gasteiger partial charge in [0.1, 0.15) is 0 Å². The van der Waals surface area contributed by atoms with Gasteiger partial charge >= 0.3 is 0 Å². The zero-order valence-electron chi connectivity index (χ0n) is 13.5. The highest BCUT2D eigenvalue weighted by Crippen LogP contribution is 2.27. The summed E-state index contributed by atoms with van der Waals surface area (Å²) in [6.45, 7) is 3.57. The van der Waals surface area contributed by atoms with Crippen LogP contribution in [-0.4, -0.2) is 43.0 Å². The zero-order valence-corrected chi connectivity index (χ0v) is 14.3. The van der Waals surface area contributed by atoms with Gasteiger partial charge in [0.05, 0.1) is 5.69 Å². The molecule has 5 heteroatoms. The third-order valence-electron chi connectivity index (χ3n) is 3.38. The molecule has 1 aromatic heterocycles. The monoisotopic (exact) mass is 317 g/mol. The van der Waals surface area contributed by atoms with Crippen LogP contribution in [0.1, 0.15) is 19.8 Å². The third kappa shape index (κ3) is 4.39. The first-order valence-corrected chi connectivity index (χ1v) is 8.45. The summed E-state index contributed by atoms with van der Waals surface area (Å²) in [5.41, 5.74) is 2.02. The molecular formula is C17H23N3OS. The summed E-state index contributed by atoms with van der Waals surface area (Å²) in [6.07, 6.45) is 1.45. The van der Waals surface area contributed by atoms with Crippen molar-refractivity contribution < 1.29 is 4.79 Å². The Kier molecular flexibility index (Phi) is 6.10. The molecule has 1 aromatic carbocycles. The Morgan fingerprint density at radius 2 is 1.91 bits per heavy atom. The molecule has 0 aliphatic heterocycles. The lowest BCUT2D eigenvalue weighted by atomic mass is 10.2. The first-order valence-electron chi connectivity index (χ1n) is 7.58. The number of amides is 1. The predicted molar refractivity (Wildman–Crippen MR) is 93.4 cm³/mol. The van der Waals surface area contributed by atoms with Gasteiger partial charge in [-0.3, -0.25) is 9.69 Å². The average Bonchev–Trinajstić information content (AvgIpc) is 3.01. The number of nitrogens with zero attached hydrogens (tertiary/aromatic N) is 3. The van der Waals surface area contributed by atoms with Crippen molar-refractivity contribution in [3.63, 3.8) is 0 Å². The summed E-state index contributed by atoms with van der Waals surface area (Å²) in [6, 6.07) is 10.1. The van der Waals surface area contributed by atoms with Crippen LogP contribution >= 0.6 is 11.3 Å². The van der Waals surface area contributed by atoms with Crippen molar-refractivity contribution in [1.29, 1.82) is 0 Å². The van der Waals surface area contributed by atoms with Crippen molar-refractivity contribution >= 4 is 22.4 Å². The van der Waals surface area contributed by atoms with Crippen LogP contribution in [0, 0.1) is 0 Å². The second-order valence-corrected chi connectivity index (χ2v) is 6.27.